The number of aromatic carboxylic acids is 1. The van der Waals surface area contributed by atoms with Gasteiger partial charge in [-0.2, -0.15) is 0 Å². The van der Waals surface area contributed by atoms with Crippen LogP contribution in [-0.4, -0.2) is 43.9 Å². The summed E-state index contributed by atoms with van der Waals surface area (Å²) in [7, 11) is 0. The van der Waals surface area contributed by atoms with Crippen molar-refractivity contribution >= 4 is 11.9 Å². The van der Waals surface area contributed by atoms with E-state index in [4.69, 9.17) is 4.74 Å². The minimum Gasteiger partial charge on any atom is -0.476 e. The largest absolute Gasteiger partial charge is 0.476 e. The first kappa shape index (κ1) is 20.0. The molecule has 8 heteroatoms. The fourth-order valence-electron chi connectivity index (χ4n) is 3.56. The predicted octanol–water partition coefficient (Wildman–Crippen LogP) is 2.97. The van der Waals surface area contributed by atoms with Crippen LogP contribution in [0, 0.1) is 5.82 Å². The van der Waals surface area contributed by atoms with Gasteiger partial charge in [-0.15, -0.1) is 0 Å². The Morgan fingerprint density at radius 1 is 1.36 bits per heavy atom. The molecule has 1 saturated heterocycles. The molecule has 0 unspecified atom stereocenters. The van der Waals surface area contributed by atoms with Gasteiger partial charge in [0.25, 0.3) is 0 Å². The second-order valence-electron chi connectivity index (χ2n) is 7.28. The molecule has 3 rings (SSSR count). The maximum absolute atomic E-state index is 13.3. The molecule has 2 atom stereocenters. The van der Waals surface area contributed by atoms with Gasteiger partial charge < -0.3 is 19.5 Å². The van der Waals surface area contributed by atoms with Crippen LogP contribution in [0.4, 0.5) is 4.39 Å². The highest BCUT2D eigenvalue weighted by molar-refractivity contribution is 5.88. The molecule has 150 valence electrons. The number of carboxylic acids is 1. The smallest absolute Gasteiger partial charge is 0.356 e. The maximum Gasteiger partial charge on any atom is 0.356 e. The highest BCUT2D eigenvalue weighted by Crippen LogP contribution is 2.29. The van der Waals surface area contributed by atoms with Gasteiger partial charge >= 0.3 is 11.9 Å². The van der Waals surface area contributed by atoms with E-state index in [1.807, 2.05) is 13.8 Å². The number of carboxylic acid groups (broad SMARTS) is 1. The van der Waals surface area contributed by atoms with Gasteiger partial charge in [0, 0.05) is 24.9 Å². The Labute approximate surface area is 161 Å². The molecule has 1 aromatic heterocycles. The molecule has 0 aliphatic carbocycles. The molecule has 1 aliphatic heterocycles. The Kier molecular flexibility index (Phi) is 5.79. The third-order valence-corrected chi connectivity index (χ3v) is 4.77. The SMILES string of the molecule is CC(C)c1c(C(=O)O)nc(-c2ccc(F)cc2)n1CC[C@@H]1C[C@@H](O)CC(=O)O1. The number of aromatic nitrogens is 2. The zero-order chi connectivity index (χ0) is 20.4. The van der Waals surface area contributed by atoms with Crippen molar-refractivity contribution in [3.8, 4) is 11.4 Å². The summed E-state index contributed by atoms with van der Waals surface area (Å²) >= 11 is 0. The summed E-state index contributed by atoms with van der Waals surface area (Å²) < 4.78 is 20.4. The number of aliphatic hydroxyl groups excluding tert-OH is 1. The first-order valence-electron chi connectivity index (χ1n) is 9.23. The van der Waals surface area contributed by atoms with Crippen LogP contribution >= 0.6 is 0 Å². The topological polar surface area (TPSA) is 102 Å². The molecule has 1 aromatic carbocycles. The molecule has 1 fully saturated rings. The quantitative estimate of drug-likeness (QED) is 0.736. The summed E-state index contributed by atoms with van der Waals surface area (Å²) in [6, 6.07) is 5.69. The monoisotopic (exact) mass is 390 g/mol. The number of hydrogen-bond acceptors (Lipinski definition) is 5. The van der Waals surface area contributed by atoms with Gasteiger partial charge in [-0.3, -0.25) is 4.79 Å². The average Bonchev–Trinajstić information content (AvgIpc) is 3.00. The molecule has 0 amide bonds. The summed E-state index contributed by atoms with van der Waals surface area (Å²) in [5.74, 6) is -1.67. The molecule has 2 heterocycles. The lowest BCUT2D eigenvalue weighted by Crippen LogP contribution is -2.33. The summed E-state index contributed by atoms with van der Waals surface area (Å²) in [5, 5.41) is 19.4. The molecule has 0 saturated carbocycles. The highest BCUT2D eigenvalue weighted by atomic mass is 19.1. The van der Waals surface area contributed by atoms with E-state index in [0.29, 0.717) is 36.5 Å². The number of nitrogens with zero attached hydrogens (tertiary/aromatic N) is 2. The number of carbonyl (C=O) groups is 2. The Morgan fingerprint density at radius 2 is 2.04 bits per heavy atom. The third-order valence-electron chi connectivity index (χ3n) is 4.77. The van der Waals surface area contributed by atoms with Crippen molar-refractivity contribution in [1.82, 2.24) is 9.55 Å². The number of cyclic esters (lactones) is 1. The number of imidazole rings is 1. The number of rotatable bonds is 6. The molecular formula is C20H23FN2O5. The third kappa shape index (κ3) is 4.22. The first-order valence-corrected chi connectivity index (χ1v) is 9.23. The molecule has 0 spiro atoms. The van der Waals surface area contributed by atoms with Crippen LogP contribution in [0.25, 0.3) is 11.4 Å². The Bertz CT molecular complexity index is 875. The second-order valence-corrected chi connectivity index (χ2v) is 7.28. The first-order chi connectivity index (χ1) is 13.3. The number of halogens is 1. The van der Waals surface area contributed by atoms with Gasteiger partial charge in [0.1, 0.15) is 17.7 Å². The predicted molar refractivity (Wildman–Crippen MR) is 98.4 cm³/mol. The summed E-state index contributed by atoms with van der Waals surface area (Å²) in [4.78, 5) is 27.6. The second kappa shape index (κ2) is 8.10. The highest BCUT2D eigenvalue weighted by Gasteiger charge is 2.29. The molecule has 2 N–H and O–H groups in total. The molecule has 2 aromatic rings. The van der Waals surface area contributed by atoms with Crippen LogP contribution in [0.1, 0.15) is 55.2 Å². The van der Waals surface area contributed by atoms with E-state index in [9.17, 15) is 24.2 Å². The molecule has 7 nitrogen and oxygen atoms in total. The number of esters is 1. The zero-order valence-corrected chi connectivity index (χ0v) is 15.8. The molecule has 28 heavy (non-hydrogen) atoms. The van der Waals surface area contributed by atoms with Crippen molar-refractivity contribution in [3.63, 3.8) is 0 Å². The minimum absolute atomic E-state index is 0.0111. The van der Waals surface area contributed by atoms with E-state index in [-0.39, 0.29) is 18.0 Å². The van der Waals surface area contributed by atoms with E-state index < -0.39 is 30.0 Å². The van der Waals surface area contributed by atoms with Gasteiger partial charge in [0.2, 0.25) is 0 Å². The number of carbonyl (C=O) groups excluding carboxylic acids is 1. The number of ether oxygens (including phenoxy) is 1. The van der Waals surface area contributed by atoms with Crippen LogP contribution < -0.4 is 0 Å². The van der Waals surface area contributed by atoms with Crippen LogP contribution in [-0.2, 0) is 16.1 Å². The van der Waals surface area contributed by atoms with Crippen LogP contribution in [0.2, 0.25) is 0 Å². The number of hydrogen-bond donors (Lipinski definition) is 2. The molecule has 0 bridgehead atoms. The van der Waals surface area contributed by atoms with Gasteiger partial charge in [0.05, 0.1) is 18.2 Å². The Morgan fingerprint density at radius 3 is 2.61 bits per heavy atom. The van der Waals surface area contributed by atoms with Crippen molar-refractivity contribution in [2.45, 2.75) is 57.8 Å². The summed E-state index contributed by atoms with van der Waals surface area (Å²) in [6.07, 6.45) is -0.442. The van der Waals surface area contributed by atoms with Gasteiger partial charge in [0.15, 0.2) is 5.69 Å². The van der Waals surface area contributed by atoms with E-state index >= 15 is 0 Å². The summed E-state index contributed by atoms with van der Waals surface area (Å²) in [5.41, 5.74) is 1.10. The van der Waals surface area contributed by atoms with E-state index in [1.165, 1.54) is 12.1 Å². The lowest BCUT2D eigenvalue weighted by Gasteiger charge is -2.26. The maximum atomic E-state index is 13.3. The number of benzene rings is 1. The fraction of sp³-hybridized carbons (Fsp3) is 0.450. The van der Waals surface area contributed by atoms with Crippen molar-refractivity contribution in [2.24, 2.45) is 0 Å². The lowest BCUT2D eigenvalue weighted by atomic mass is 10.0. The van der Waals surface area contributed by atoms with E-state index in [2.05, 4.69) is 4.98 Å². The van der Waals surface area contributed by atoms with Crippen molar-refractivity contribution in [1.29, 1.82) is 0 Å². The van der Waals surface area contributed by atoms with Crippen molar-refractivity contribution < 1.29 is 28.9 Å². The standard InChI is InChI=1S/C20H23FN2O5/c1-11(2)18-17(20(26)27)22-19(12-3-5-13(21)6-4-12)23(18)8-7-15-9-14(24)10-16(25)28-15/h3-6,11,14-15,24H,7-10H2,1-2H3,(H,26,27)/t14-,15-/m1/s1. The van der Waals surface area contributed by atoms with Crippen molar-refractivity contribution in [2.75, 3.05) is 0 Å². The van der Waals surface area contributed by atoms with Gasteiger partial charge in [-0.25, -0.2) is 14.2 Å². The Balaban J connectivity index is 1.97. The lowest BCUT2D eigenvalue weighted by molar-refractivity contribution is -0.160. The minimum atomic E-state index is -1.13. The molecule has 0 radical (unpaired) electrons. The fourth-order valence-corrected chi connectivity index (χ4v) is 3.56. The van der Waals surface area contributed by atoms with Crippen LogP contribution in [0.3, 0.4) is 0 Å². The Hall–Kier alpha value is -2.74. The van der Waals surface area contributed by atoms with E-state index in [0.717, 1.165) is 0 Å². The average molecular weight is 390 g/mol. The van der Waals surface area contributed by atoms with Crippen molar-refractivity contribution in [3.05, 3.63) is 41.5 Å². The molecule has 1 aliphatic rings. The normalized spacial score (nSPS) is 19.7. The zero-order valence-electron chi connectivity index (χ0n) is 15.8. The van der Waals surface area contributed by atoms with Crippen LogP contribution in [0.5, 0.6) is 0 Å². The van der Waals surface area contributed by atoms with Gasteiger partial charge in [-0.05, 0) is 30.2 Å². The number of aliphatic hydroxyl groups is 1. The summed E-state index contributed by atoms with van der Waals surface area (Å²) in [6.45, 7) is 4.10. The molecular weight excluding hydrogens is 367 g/mol. The van der Waals surface area contributed by atoms with Crippen LogP contribution in [0.15, 0.2) is 24.3 Å². The van der Waals surface area contributed by atoms with E-state index in [1.54, 1.807) is 16.7 Å². The van der Waals surface area contributed by atoms with Gasteiger partial charge in [-0.1, -0.05) is 13.8 Å².